The molecule has 7 aromatic heterocycles. The van der Waals surface area contributed by atoms with Crippen LogP contribution in [0.25, 0.3) is 44.5 Å². The van der Waals surface area contributed by atoms with Gasteiger partial charge in [0.15, 0.2) is 5.65 Å². The molecule has 0 fully saturated rings. The smallest absolute Gasteiger partial charge is 0.279 e. The highest BCUT2D eigenvalue weighted by atomic mass is 79.9. The Labute approximate surface area is 495 Å². The largest absolute Gasteiger partial charge is 0.396 e. The summed E-state index contributed by atoms with van der Waals surface area (Å²) in [6.07, 6.45) is 5.26. The fourth-order valence-electron chi connectivity index (χ4n) is 9.33. The second-order valence-electron chi connectivity index (χ2n) is 19.6. The first kappa shape index (κ1) is 63.9. The Morgan fingerprint density at radius 2 is 0.964 bits per heavy atom. The van der Waals surface area contributed by atoms with Crippen LogP contribution in [0, 0.1) is 48.5 Å². The average Bonchev–Trinajstić information content (AvgIpc) is 4.44. The van der Waals surface area contributed by atoms with E-state index in [-0.39, 0.29) is 12.1 Å². The molecule has 7 N–H and O–H groups in total. The highest BCUT2D eigenvalue weighted by Crippen LogP contribution is 2.34. The lowest BCUT2D eigenvalue weighted by molar-refractivity contribution is -0.365. The molecule has 0 spiro atoms. The number of fused-ring (bicyclic) bond motifs is 1. The number of hydrogen-bond donors (Lipinski definition) is 4. The Kier molecular flexibility index (Phi) is 23.3. The Morgan fingerprint density at radius 1 is 0.554 bits per heavy atom. The summed E-state index contributed by atoms with van der Waals surface area (Å²) in [7, 11) is 0. The van der Waals surface area contributed by atoms with E-state index in [0.29, 0.717) is 42.0 Å². The maximum absolute atomic E-state index is 6.03. The number of aryl methyl sites for hydroxylation is 7. The van der Waals surface area contributed by atoms with Crippen LogP contribution in [-0.4, -0.2) is 65.8 Å². The van der Waals surface area contributed by atoms with Gasteiger partial charge in [0.2, 0.25) is 0 Å². The number of nitrogen functional groups attached to an aromatic ring is 3. The van der Waals surface area contributed by atoms with Crippen molar-refractivity contribution < 1.29 is 27.8 Å². The molecule has 0 aliphatic carbocycles. The molecule has 10 aromatic rings. The fraction of sp³-hybridized carbons (Fsp3) is 0.328. The molecule has 19 heteroatoms. The van der Waals surface area contributed by atoms with E-state index in [1.54, 1.807) is 25.4 Å². The SMILES string of the molecule is CC(Br)c1ccccc1.CCOC(C)(OCC)OCC.Cc1noc(C)c1-c1cnc(N)c(N)c1.Cc1noc(C)c1-c1cnc(N)c(NC(C)c2ccccc2)c1.Cc1noc(C)c1-c1cnc2nc(C)n(C(C)c3ccccc3)c2c1. The Balaban J connectivity index is 0.000000175. The lowest BCUT2D eigenvalue weighted by Gasteiger charge is -2.27. The summed E-state index contributed by atoms with van der Waals surface area (Å²) < 4.78 is 33.7. The number of nitrogens with one attached hydrogen (secondary N) is 1. The van der Waals surface area contributed by atoms with Crippen LogP contribution in [0.4, 0.5) is 23.0 Å². The van der Waals surface area contributed by atoms with Crippen molar-refractivity contribution in [3.63, 3.8) is 0 Å². The minimum atomic E-state index is -0.849. The third kappa shape index (κ3) is 16.9. The van der Waals surface area contributed by atoms with Gasteiger partial charge in [-0.3, -0.25) is 0 Å². The second-order valence-corrected chi connectivity index (χ2v) is 21.0. The van der Waals surface area contributed by atoms with Gasteiger partial charge < -0.3 is 54.9 Å². The second kappa shape index (κ2) is 30.2. The number of hydrogen-bond acceptors (Lipinski definition) is 17. The van der Waals surface area contributed by atoms with Crippen molar-refractivity contribution in [2.45, 2.75) is 120 Å². The molecular weight excluding hydrogens is 1110 g/mol. The topological polar surface area (TPSA) is 252 Å². The van der Waals surface area contributed by atoms with Gasteiger partial charge in [-0.15, -0.1) is 0 Å². The van der Waals surface area contributed by atoms with Crippen LogP contribution >= 0.6 is 15.9 Å². The third-order valence-electron chi connectivity index (χ3n) is 13.4. The van der Waals surface area contributed by atoms with Crippen molar-refractivity contribution in [2.75, 3.05) is 42.3 Å². The Hall–Kier alpha value is -8.23. The van der Waals surface area contributed by atoms with E-state index >= 15 is 0 Å². The summed E-state index contributed by atoms with van der Waals surface area (Å²) in [4.78, 5) is 18.0. The molecule has 0 amide bonds. The molecule has 3 aromatic carbocycles. The highest BCUT2D eigenvalue weighted by molar-refractivity contribution is 9.09. The van der Waals surface area contributed by atoms with Crippen molar-refractivity contribution in [1.29, 1.82) is 0 Å². The number of rotatable bonds is 15. The summed E-state index contributed by atoms with van der Waals surface area (Å²) in [5, 5.41) is 15.4. The molecule has 0 aliphatic rings. The van der Waals surface area contributed by atoms with E-state index in [1.165, 1.54) is 16.7 Å². The molecule has 0 radical (unpaired) electrons. The quantitative estimate of drug-likeness (QED) is 0.0550. The van der Waals surface area contributed by atoms with Crippen LogP contribution < -0.4 is 22.5 Å². The maximum atomic E-state index is 6.03. The van der Waals surface area contributed by atoms with E-state index in [0.717, 1.165) is 90.4 Å². The lowest BCUT2D eigenvalue weighted by Crippen LogP contribution is -2.35. The van der Waals surface area contributed by atoms with Gasteiger partial charge in [-0.2, -0.15) is 0 Å². The number of nitrogens with zero attached hydrogens (tertiary/aromatic N) is 8. The standard InChI is InChI=1S/C20H20N4O.C18H20N4O.C10H12N4O.C8H9Br.C8H18O3/c1-12-19(14(3)25-23-12)17-10-18-20(21-11-17)22-15(4)24(18)13(2)16-8-6-5-7-9-16;1-11(14-7-5-4-6-8-14)21-16-9-15(10-20-18(16)19)17-12(2)22-23-13(17)3;1-5-9(6(2)15-14-5)7-3-8(11)10(12)13-4-7;1-7(9)8-5-3-2-4-6-8;1-5-9-8(4,10-6-2)11-7-3/h5-11,13H,1-4H3;4-11,21H,1-3H3,(H2,19,20);3-4H,11H2,1-2H3,(H2,12,13);2-7H,1H3;5-7H2,1-4H3. The summed E-state index contributed by atoms with van der Waals surface area (Å²) >= 11 is 3.48. The minimum absolute atomic E-state index is 0.125. The number of pyridine rings is 3. The molecule has 0 bridgehead atoms. The van der Waals surface area contributed by atoms with Gasteiger partial charge in [0, 0.05) is 89.6 Å². The Morgan fingerprint density at radius 3 is 1.37 bits per heavy atom. The van der Waals surface area contributed by atoms with Gasteiger partial charge in [-0.05, 0) is 125 Å². The zero-order valence-electron chi connectivity index (χ0n) is 50.1. The van der Waals surface area contributed by atoms with E-state index in [1.807, 2.05) is 124 Å². The molecule has 7 heterocycles. The third-order valence-corrected chi connectivity index (χ3v) is 13.9. The van der Waals surface area contributed by atoms with E-state index in [2.05, 4.69) is 137 Å². The first-order valence-corrected chi connectivity index (χ1v) is 28.5. The number of nitrogens with two attached hydrogens (primary N) is 3. The molecule has 0 saturated heterocycles. The van der Waals surface area contributed by atoms with Crippen molar-refractivity contribution >= 4 is 50.1 Å². The monoisotopic (exact) mass is 1190 g/mol. The molecular formula is C64H79BrN12O6. The number of anilines is 4. The predicted octanol–water partition coefficient (Wildman–Crippen LogP) is 15.2. The lowest BCUT2D eigenvalue weighted by atomic mass is 10.0. The van der Waals surface area contributed by atoms with Crippen LogP contribution in [0.1, 0.15) is 122 Å². The van der Waals surface area contributed by atoms with Gasteiger partial charge in [-0.1, -0.05) is 122 Å². The molecule has 18 nitrogen and oxygen atoms in total. The fourth-order valence-corrected chi connectivity index (χ4v) is 9.63. The maximum Gasteiger partial charge on any atom is 0.279 e. The molecule has 0 aliphatic heterocycles. The normalized spacial score (nSPS) is 12.1. The van der Waals surface area contributed by atoms with Gasteiger partial charge in [0.25, 0.3) is 5.97 Å². The molecule has 3 unspecified atom stereocenters. The van der Waals surface area contributed by atoms with Gasteiger partial charge in [-0.25, -0.2) is 19.9 Å². The van der Waals surface area contributed by atoms with Crippen LogP contribution in [0.5, 0.6) is 0 Å². The average molecular weight is 1190 g/mol. The van der Waals surface area contributed by atoms with Crippen molar-refractivity contribution in [2.24, 2.45) is 0 Å². The zero-order valence-corrected chi connectivity index (χ0v) is 51.7. The van der Waals surface area contributed by atoms with Crippen molar-refractivity contribution in [3.8, 4) is 33.4 Å². The van der Waals surface area contributed by atoms with Crippen molar-refractivity contribution in [1.82, 2.24) is 40.0 Å². The highest BCUT2D eigenvalue weighted by Gasteiger charge is 2.25. The number of ether oxygens (including phenoxy) is 3. The van der Waals surface area contributed by atoms with E-state index in [9.17, 15) is 0 Å². The summed E-state index contributed by atoms with van der Waals surface area (Å²) in [6, 6.07) is 37.2. The molecule has 0 saturated carbocycles. The summed E-state index contributed by atoms with van der Waals surface area (Å²) in [6.45, 7) is 29.1. The van der Waals surface area contributed by atoms with E-state index < -0.39 is 5.97 Å². The Bertz CT molecular complexity index is 3530. The predicted molar refractivity (Wildman–Crippen MR) is 335 cm³/mol. The first-order valence-electron chi connectivity index (χ1n) is 27.6. The number of halogens is 1. The van der Waals surface area contributed by atoms with Crippen LogP contribution in [-0.2, 0) is 14.2 Å². The first-order chi connectivity index (χ1) is 39.7. The summed E-state index contributed by atoms with van der Waals surface area (Å²) in [5.41, 5.74) is 32.3. The number of aromatic nitrogens is 8. The molecule has 3 atom stereocenters. The number of alkyl halides is 1. The molecule has 438 valence electrons. The van der Waals surface area contributed by atoms with Gasteiger partial charge in [0.1, 0.15) is 34.7 Å². The minimum Gasteiger partial charge on any atom is -0.396 e. The van der Waals surface area contributed by atoms with E-state index in [4.69, 9.17) is 45.0 Å². The number of imidazole rings is 1. The van der Waals surface area contributed by atoms with Crippen LogP contribution in [0.2, 0.25) is 0 Å². The van der Waals surface area contributed by atoms with Gasteiger partial charge in [0.05, 0.1) is 40.0 Å². The van der Waals surface area contributed by atoms with Crippen molar-refractivity contribution in [3.05, 3.63) is 185 Å². The van der Waals surface area contributed by atoms with Gasteiger partial charge >= 0.3 is 0 Å². The summed E-state index contributed by atoms with van der Waals surface area (Å²) in [5.74, 6) is 3.24. The molecule has 10 rings (SSSR count). The number of benzene rings is 3. The van der Waals surface area contributed by atoms with Crippen LogP contribution in [0.3, 0.4) is 0 Å². The zero-order chi connectivity index (χ0) is 60.4. The molecule has 83 heavy (non-hydrogen) atoms. The van der Waals surface area contributed by atoms with Crippen LogP contribution in [0.15, 0.2) is 141 Å².